The van der Waals surface area contributed by atoms with Gasteiger partial charge in [0.15, 0.2) is 0 Å². The fourth-order valence-corrected chi connectivity index (χ4v) is 2.89. The molecule has 2 rings (SSSR count). The second-order valence-corrected chi connectivity index (χ2v) is 4.47. The lowest BCUT2D eigenvalue weighted by Crippen LogP contribution is -2.29. The van der Waals surface area contributed by atoms with Crippen LogP contribution in [0.5, 0.6) is 0 Å². The van der Waals surface area contributed by atoms with Crippen molar-refractivity contribution in [3.8, 4) is 0 Å². The maximum absolute atomic E-state index is 11.9. The summed E-state index contributed by atoms with van der Waals surface area (Å²) in [5.41, 5.74) is 1.69. The number of rotatable bonds is 4. The van der Waals surface area contributed by atoms with E-state index in [0.717, 1.165) is 24.8 Å². The molecule has 0 aromatic rings. The zero-order valence-electron chi connectivity index (χ0n) is 10.3. The average Bonchev–Trinajstić information content (AvgIpc) is 2.89. The summed E-state index contributed by atoms with van der Waals surface area (Å²) in [6.45, 7) is 4.25. The maximum Gasteiger partial charge on any atom is 0.334 e. The molecule has 0 spiro atoms. The molecule has 0 aliphatic heterocycles. The number of carbonyl (C=O) groups is 2. The number of fused-ring (bicyclic) bond motifs is 2. The van der Waals surface area contributed by atoms with Crippen LogP contribution in [0, 0.1) is 11.8 Å². The molecule has 0 amide bonds. The molecule has 0 N–H and O–H groups in total. The molecule has 2 bridgehead atoms. The minimum Gasteiger partial charge on any atom is -0.466 e. The summed E-state index contributed by atoms with van der Waals surface area (Å²) in [5.74, 6) is -0.723. The van der Waals surface area contributed by atoms with Gasteiger partial charge in [-0.15, -0.1) is 0 Å². The van der Waals surface area contributed by atoms with E-state index in [1.165, 1.54) is 0 Å². The lowest BCUT2D eigenvalue weighted by molar-refractivity contribution is -0.151. The zero-order chi connectivity index (χ0) is 12.4. The van der Waals surface area contributed by atoms with Gasteiger partial charge in [-0.05, 0) is 39.0 Å². The summed E-state index contributed by atoms with van der Waals surface area (Å²) in [6, 6.07) is 0. The Morgan fingerprint density at radius 3 is 2.59 bits per heavy atom. The molecule has 0 aromatic heterocycles. The Morgan fingerprint density at radius 1 is 1.24 bits per heavy atom. The lowest BCUT2D eigenvalue weighted by Gasteiger charge is -2.21. The van der Waals surface area contributed by atoms with Crippen molar-refractivity contribution in [3.05, 3.63) is 11.1 Å². The first-order valence-electron chi connectivity index (χ1n) is 6.24. The first-order valence-corrected chi connectivity index (χ1v) is 6.24. The van der Waals surface area contributed by atoms with Crippen LogP contribution < -0.4 is 0 Å². The van der Waals surface area contributed by atoms with Gasteiger partial charge in [-0.25, -0.2) is 4.79 Å². The second-order valence-electron chi connectivity index (χ2n) is 4.47. The fourth-order valence-electron chi connectivity index (χ4n) is 2.89. The maximum atomic E-state index is 11.9. The number of carbonyl (C=O) groups excluding carboxylic acids is 2. The van der Waals surface area contributed by atoms with Gasteiger partial charge >= 0.3 is 11.9 Å². The lowest BCUT2D eigenvalue weighted by atomic mass is 9.86. The summed E-state index contributed by atoms with van der Waals surface area (Å²) in [6.07, 6.45) is 2.77. The minimum atomic E-state index is -0.377. The van der Waals surface area contributed by atoms with E-state index in [-0.39, 0.29) is 23.8 Å². The molecule has 4 heteroatoms. The van der Waals surface area contributed by atoms with Gasteiger partial charge < -0.3 is 9.47 Å². The standard InChI is InChI=1S/C13H18O4/c1-3-16-12(14)10-8-5-6-9(7-8)11(10)13(15)17-4-2/h8,10H,3-7H2,1-2H3. The van der Waals surface area contributed by atoms with Crippen molar-refractivity contribution in [2.75, 3.05) is 13.2 Å². The summed E-state index contributed by atoms with van der Waals surface area (Å²) < 4.78 is 10.1. The molecule has 0 radical (unpaired) electrons. The molecule has 17 heavy (non-hydrogen) atoms. The van der Waals surface area contributed by atoms with Gasteiger partial charge in [-0.2, -0.15) is 0 Å². The van der Waals surface area contributed by atoms with E-state index in [9.17, 15) is 9.59 Å². The normalized spacial score (nSPS) is 26.2. The van der Waals surface area contributed by atoms with Gasteiger partial charge in [-0.3, -0.25) is 4.79 Å². The van der Waals surface area contributed by atoms with Crippen LogP contribution in [-0.4, -0.2) is 25.2 Å². The molecule has 4 nitrogen and oxygen atoms in total. The third-order valence-electron chi connectivity index (χ3n) is 3.52. The van der Waals surface area contributed by atoms with Crippen LogP contribution in [-0.2, 0) is 19.1 Å². The van der Waals surface area contributed by atoms with Crippen LogP contribution in [0.3, 0.4) is 0 Å². The second kappa shape index (κ2) is 4.90. The molecule has 0 saturated heterocycles. The average molecular weight is 238 g/mol. The van der Waals surface area contributed by atoms with Gasteiger partial charge in [0.1, 0.15) is 0 Å². The van der Waals surface area contributed by atoms with E-state index in [4.69, 9.17) is 9.47 Å². The highest BCUT2D eigenvalue weighted by Crippen LogP contribution is 2.49. The van der Waals surface area contributed by atoms with Crippen LogP contribution in [0.4, 0.5) is 0 Å². The Kier molecular flexibility index (Phi) is 3.50. The molecule has 2 aliphatic rings. The minimum absolute atomic E-state index is 0.253. The highest BCUT2D eigenvalue weighted by atomic mass is 16.5. The number of hydrogen-bond acceptors (Lipinski definition) is 4. The smallest absolute Gasteiger partial charge is 0.334 e. The number of esters is 2. The van der Waals surface area contributed by atoms with Crippen molar-refractivity contribution >= 4 is 11.9 Å². The summed E-state index contributed by atoms with van der Waals surface area (Å²) in [4.78, 5) is 23.8. The topological polar surface area (TPSA) is 52.6 Å². The Morgan fingerprint density at radius 2 is 1.94 bits per heavy atom. The molecule has 0 heterocycles. The summed E-state index contributed by atoms with van der Waals surface area (Å²) >= 11 is 0. The van der Waals surface area contributed by atoms with Gasteiger partial charge in [0.25, 0.3) is 0 Å². The number of hydrogen-bond donors (Lipinski definition) is 0. The molecule has 2 unspecified atom stereocenters. The Labute approximate surface area is 101 Å². The van der Waals surface area contributed by atoms with Crippen molar-refractivity contribution < 1.29 is 19.1 Å². The monoisotopic (exact) mass is 238 g/mol. The van der Waals surface area contributed by atoms with Crippen molar-refractivity contribution in [2.45, 2.75) is 33.1 Å². The van der Waals surface area contributed by atoms with E-state index >= 15 is 0 Å². The third kappa shape index (κ3) is 2.08. The molecule has 2 aliphatic carbocycles. The fraction of sp³-hybridized carbons (Fsp3) is 0.692. The molecule has 1 fully saturated rings. The molecule has 0 aromatic carbocycles. The SMILES string of the molecule is CCOC(=O)C1=C2CCC(C2)C1C(=O)OCC. The highest BCUT2D eigenvalue weighted by molar-refractivity contribution is 5.97. The zero-order valence-corrected chi connectivity index (χ0v) is 10.3. The molecule has 94 valence electrons. The summed E-state index contributed by atoms with van der Waals surface area (Å²) in [5, 5.41) is 0. The molecular weight excluding hydrogens is 220 g/mol. The number of allylic oxidation sites excluding steroid dienone is 1. The van der Waals surface area contributed by atoms with E-state index in [0.29, 0.717) is 18.8 Å². The van der Waals surface area contributed by atoms with Gasteiger partial charge in [0, 0.05) is 0 Å². The molecular formula is C13H18O4. The van der Waals surface area contributed by atoms with Crippen molar-refractivity contribution in [2.24, 2.45) is 11.8 Å². The largest absolute Gasteiger partial charge is 0.466 e. The van der Waals surface area contributed by atoms with Crippen LogP contribution in [0.2, 0.25) is 0 Å². The van der Waals surface area contributed by atoms with Crippen LogP contribution in [0.1, 0.15) is 33.1 Å². The quantitative estimate of drug-likeness (QED) is 0.701. The van der Waals surface area contributed by atoms with Gasteiger partial charge in [0.2, 0.25) is 0 Å². The Balaban J connectivity index is 2.21. The first-order chi connectivity index (χ1) is 8.19. The van der Waals surface area contributed by atoms with Gasteiger partial charge in [-0.1, -0.05) is 5.57 Å². The number of ether oxygens (including phenoxy) is 2. The predicted octanol–water partition coefficient (Wildman–Crippen LogP) is 1.84. The van der Waals surface area contributed by atoms with E-state index < -0.39 is 0 Å². The first kappa shape index (κ1) is 12.1. The van der Waals surface area contributed by atoms with Gasteiger partial charge in [0.05, 0.1) is 24.7 Å². The summed E-state index contributed by atoms with van der Waals surface area (Å²) in [7, 11) is 0. The highest BCUT2D eigenvalue weighted by Gasteiger charge is 2.47. The van der Waals surface area contributed by atoms with E-state index in [1.54, 1.807) is 13.8 Å². The Hall–Kier alpha value is -1.32. The van der Waals surface area contributed by atoms with Crippen LogP contribution in [0.15, 0.2) is 11.1 Å². The molecule has 2 atom stereocenters. The van der Waals surface area contributed by atoms with Crippen molar-refractivity contribution in [1.82, 2.24) is 0 Å². The van der Waals surface area contributed by atoms with E-state index in [1.807, 2.05) is 0 Å². The molecule has 1 saturated carbocycles. The van der Waals surface area contributed by atoms with E-state index in [2.05, 4.69) is 0 Å². The van der Waals surface area contributed by atoms with Crippen LogP contribution in [0.25, 0.3) is 0 Å². The Bertz CT molecular complexity index is 370. The van der Waals surface area contributed by atoms with Crippen molar-refractivity contribution in [1.29, 1.82) is 0 Å². The third-order valence-corrected chi connectivity index (χ3v) is 3.52. The van der Waals surface area contributed by atoms with Crippen LogP contribution >= 0.6 is 0 Å². The predicted molar refractivity (Wildman–Crippen MR) is 61.1 cm³/mol. The van der Waals surface area contributed by atoms with Crippen molar-refractivity contribution in [3.63, 3.8) is 0 Å².